The Morgan fingerprint density at radius 2 is 2.31 bits per heavy atom. The van der Waals surface area contributed by atoms with Crippen molar-refractivity contribution in [3.63, 3.8) is 0 Å². The Hall–Kier alpha value is -1.77. The minimum Gasteiger partial charge on any atom is -0.496 e. The van der Waals surface area contributed by atoms with Crippen LogP contribution in [0.3, 0.4) is 0 Å². The highest BCUT2D eigenvalue weighted by molar-refractivity contribution is 5.88. The second-order valence-electron chi connectivity index (χ2n) is 2.47. The van der Waals surface area contributed by atoms with Gasteiger partial charge in [-0.05, 0) is 18.2 Å². The molecule has 3 heteroatoms. The van der Waals surface area contributed by atoms with Crippen molar-refractivity contribution in [2.75, 3.05) is 7.11 Å². The van der Waals surface area contributed by atoms with E-state index >= 15 is 0 Å². The number of rotatable bonds is 3. The van der Waals surface area contributed by atoms with Crippen LogP contribution >= 0.6 is 0 Å². The van der Waals surface area contributed by atoms with Crippen LogP contribution in [0.1, 0.15) is 15.9 Å². The fraction of sp³-hybridized carbons (Fsp3) is 0.100. The van der Waals surface area contributed by atoms with E-state index in [0.29, 0.717) is 11.3 Å². The van der Waals surface area contributed by atoms with E-state index in [4.69, 9.17) is 9.84 Å². The van der Waals surface area contributed by atoms with Crippen LogP contribution in [0.5, 0.6) is 5.75 Å². The number of hydrogen-bond donors (Lipinski definition) is 1. The summed E-state index contributed by atoms with van der Waals surface area (Å²) < 4.78 is 5.01. The third-order valence-electron chi connectivity index (χ3n) is 1.70. The molecule has 1 rings (SSSR count). The molecule has 0 saturated carbocycles. The van der Waals surface area contributed by atoms with Gasteiger partial charge in [-0.15, -0.1) is 0 Å². The Kier molecular flexibility index (Phi) is 2.69. The zero-order chi connectivity index (χ0) is 9.84. The molecule has 0 radical (unpaired) electrons. The van der Waals surface area contributed by atoms with Gasteiger partial charge in [0.1, 0.15) is 5.75 Å². The van der Waals surface area contributed by atoms with Crippen LogP contribution in [0.15, 0.2) is 24.8 Å². The van der Waals surface area contributed by atoms with Gasteiger partial charge in [0.15, 0.2) is 0 Å². The number of carboxylic acids is 1. The molecule has 0 aliphatic rings. The second-order valence-corrected chi connectivity index (χ2v) is 2.47. The highest BCUT2D eigenvalue weighted by Crippen LogP contribution is 2.20. The summed E-state index contributed by atoms with van der Waals surface area (Å²) in [7, 11) is 1.53. The average molecular weight is 178 g/mol. The monoisotopic (exact) mass is 178 g/mol. The van der Waals surface area contributed by atoms with Crippen LogP contribution in [0, 0.1) is 0 Å². The molecule has 0 atom stereocenters. The van der Waals surface area contributed by atoms with Gasteiger partial charge in [-0.1, -0.05) is 12.7 Å². The maximum Gasteiger partial charge on any atom is 0.335 e. The number of aromatic carboxylic acids is 1. The molecule has 1 aromatic rings. The lowest BCUT2D eigenvalue weighted by molar-refractivity contribution is 0.0697. The van der Waals surface area contributed by atoms with Gasteiger partial charge in [-0.25, -0.2) is 4.79 Å². The molecule has 0 amide bonds. The van der Waals surface area contributed by atoms with Crippen LogP contribution < -0.4 is 4.74 Å². The molecule has 0 saturated heterocycles. The van der Waals surface area contributed by atoms with Gasteiger partial charge in [0.25, 0.3) is 0 Å². The standard InChI is InChI=1S/C10H10O3/c1-3-7-6-8(10(11)12)4-5-9(7)13-2/h3-6H,1H2,2H3,(H,11,12). The molecule has 0 bridgehead atoms. The summed E-state index contributed by atoms with van der Waals surface area (Å²) in [6.45, 7) is 3.57. The molecule has 0 unspecified atom stereocenters. The summed E-state index contributed by atoms with van der Waals surface area (Å²) in [5.41, 5.74) is 0.915. The highest BCUT2D eigenvalue weighted by atomic mass is 16.5. The molecule has 0 aliphatic carbocycles. The molecule has 0 heterocycles. The summed E-state index contributed by atoms with van der Waals surface area (Å²) >= 11 is 0. The summed E-state index contributed by atoms with van der Waals surface area (Å²) in [5, 5.41) is 8.69. The molecule has 13 heavy (non-hydrogen) atoms. The van der Waals surface area contributed by atoms with E-state index in [9.17, 15) is 4.79 Å². The van der Waals surface area contributed by atoms with Crippen LogP contribution in [0.2, 0.25) is 0 Å². The molecule has 1 aromatic carbocycles. The molecule has 1 N–H and O–H groups in total. The zero-order valence-corrected chi connectivity index (χ0v) is 7.28. The van der Waals surface area contributed by atoms with Crippen molar-refractivity contribution in [1.82, 2.24) is 0 Å². The normalized spacial score (nSPS) is 9.31. The van der Waals surface area contributed by atoms with Gasteiger partial charge < -0.3 is 9.84 Å². The maximum absolute atomic E-state index is 10.6. The Balaban J connectivity index is 3.20. The number of carbonyl (C=O) groups is 1. The van der Waals surface area contributed by atoms with Crippen molar-refractivity contribution in [3.05, 3.63) is 35.9 Å². The average Bonchev–Trinajstić information content (AvgIpc) is 2.16. The van der Waals surface area contributed by atoms with E-state index in [-0.39, 0.29) is 5.56 Å². The number of ether oxygens (including phenoxy) is 1. The first-order chi connectivity index (χ1) is 6.19. The fourth-order valence-electron chi connectivity index (χ4n) is 1.03. The summed E-state index contributed by atoms with van der Waals surface area (Å²) in [6.07, 6.45) is 1.56. The lowest BCUT2D eigenvalue weighted by Crippen LogP contribution is -1.97. The zero-order valence-electron chi connectivity index (χ0n) is 7.28. The molecule has 0 aliphatic heterocycles. The summed E-state index contributed by atoms with van der Waals surface area (Å²) in [4.78, 5) is 10.6. The van der Waals surface area contributed by atoms with Crippen molar-refractivity contribution in [3.8, 4) is 5.75 Å². The quantitative estimate of drug-likeness (QED) is 0.770. The van der Waals surface area contributed by atoms with Gasteiger partial charge in [-0.3, -0.25) is 0 Å². The molecular formula is C10H10O3. The smallest absolute Gasteiger partial charge is 0.335 e. The van der Waals surface area contributed by atoms with Crippen LogP contribution in [0.4, 0.5) is 0 Å². The highest BCUT2D eigenvalue weighted by Gasteiger charge is 2.05. The van der Waals surface area contributed by atoms with Crippen LogP contribution in [-0.2, 0) is 0 Å². The van der Waals surface area contributed by atoms with Crippen molar-refractivity contribution >= 4 is 12.0 Å². The summed E-state index contributed by atoms with van der Waals surface area (Å²) in [5.74, 6) is -0.328. The predicted octanol–water partition coefficient (Wildman–Crippen LogP) is 2.04. The second kappa shape index (κ2) is 3.76. The van der Waals surface area contributed by atoms with E-state index in [0.717, 1.165) is 0 Å². The first-order valence-corrected chi connectivity index (χ1v) is 3.73. The summed E-state index contributed by atoms with van der Waals surface area (Å²) in [6, 6.07) is 4.63. The number of carboxylic acid groups (broad SMARTS) is 1. The van der Waals surface area contributed by atoms with Crippen LogP contribution in [-0.4, -0.2) is 18.2 Å². The van der Waals surface area contributed by atoms with E-state index in [1.807, 2.05) is 0 Å². The molecule has 0 fully saturated rings. The topological polar surface area (TPSA) is 46.5 Å². The van der Waals surface area contributed by atoms with Crippen molar-refractivity contribution in [1.29, 1.82) is 0 Å². The largest absolute Gasteiger partial charge is 0.496 e. The van der Waals surface area contributed by atoms with Crippen LogP contribution in [0.25, 0.3) is 6.08 Å². The third-order valence-corrected chi connectivity index (χ3v) is 1.70. The van der Waals surface area contributed by atoms with Gasteiger partial charge in [0.2, 0.25) is 0 Å². The number of hydrogen-bond acceptors (Lipinski definition) is 2. The Labute approximate surface area is 76.3 Å². The SMILES string of the molecule is C=Cc1cc(C(=O)O)ccc1OC. The minimum absolute atomic E-state index is 0.232. The Morgan fingerprint density at radius 1 is 1.62 bits per heavy atom. The predicted molar refractivity (Wildman–Crippen MR) is 50.0 cm³/mol. The molecule has 3 nitrogen and oxygen atoms in total. The van der Waals surface area contributed by atoms with Gasteiger partial charge >= 0.3 is 5.97 Å². The van der Waals surface area contributed by atoms with Gasteiger partial charge in [0, 0.05) is 5.56 Å². The Morgan fingerprint density at radius 3 is 2.77 bits per heavy atom. The lowest BCUT2D eigenvalue weighted by Gasteiger charge is -2.04. The van der Waals surface area contributed by atoms with E-state index in [2.05, 4.69) is 6.58 Å². The van der Waals surface area contributed by atoms with Crippen molar-refractivity contribution < 1.29 is 14.6 Å². The Bertz CT molecular complexity index is 342. The first kappa shape index (κ1) is 9.32. The molecular weight excluding hydrogens is 168 g/mol. The van der Waals surface area contributed by atoms with E-state index in [1.54, 1.807) is 12.1 Å². The van der Waals surface area contributed by atoms with Crippen molar-refractivity contribution in [2.24, 2.45) is 0 Å². The van der Waals surface area contributed by atoms with Crippen molar-refractivity contribution in [2.45, 2.75) is 0 Å². The first-order valence-electron chi connectivity index (χ1n) is 3.73. The number of methoxy groups -OCH3 is 1. The minimum atomic E-state index is -0.953. The molecule has 0 spiro atoms. The van der Waals surface area contributed by atoms with E-state index < -0.39 is 5.97 Å². The van der Waals surface area contributed by atoms with Gasteiger partial charge in [-0.2, -0.15) is 0 Å². The fourth-order valence-corrected chi connectivity index (χ4v) is 1.03. The third kappa shape index (κ3) is 1.87. The van der Waals surface area contributed by atoms with E-state index in [1.165, 1.54) is 19.2 Å². The maximum atomic E-state index is 10.6. The van der Waals surface area contributed by atoms with Gasteiger partial charge in [0.05, 0.1) is 12.7 Å². The molecule has 0 aromatic heterocycles. The lowest BCUT2D eigenvalue weighted by atomic mass is 10.1. The molecule has 68 valence electrons. The number of benzene rings is 1.